The number of methoxy groups -OCH3 is 1. The molecule has 1 aromatic carbocycles. The maximum atomic E-state index is 12.4. The third kappa shape index (κ3) is 6.08. The van der Waals surface area contributed by atoms with E-state index in [0.717, 1.165) is 11.3 Å². The fraction of sp³-hybridized carbons (Fsp3) is 0.500. The summed E-state index contributed by atoms with van der Waals surface area (Å²) in [6.45, 7) is 5.26. The summed E-state index contributed by atoms with van der Waals surface area (Å²) in [5, 5.41) is 9.61. The van der Waals surface area contributed by atoms with Gasteiger partial charge in [0, 0.05) is 5.57 Å². The lowest BCUT2D eigenvalue weighted by atomic mass is 10.0. The SMILES string of the molecule is COc1ccc(COCC2=C[C@@H](CO)N(C(=O)OC(C)(C)C)CC2=O)cc1. The average molecular weight is 377 g/mol. The lowest BCUT2D eigenvalue weighted by molar-refractivity contribution is -0.118. The third-order valence-corrected chi connectivity index (χ3v) is 3.97. The van der Waals surface area contributed by atoms with Crippen LogP contribution in [0.2, 0.25) is 0 Å². The largest absolute Gasteiger partial charge is 0.497 e. The van der Waals surface area contributed by atoms with Crippen molar-refractivity contribution in [3.8, 4) is 5.75 Å². The number of hydrogen-bond donors (Lipinski definition) is 1. The van der Waals surface area contributed by atoms with Gasteiger partial charge in [0.1, 0.15) is 11.4 Å². The Balaban J connectivity index is 1.96. The van der Waals surface area contributed by atoms with Crippen LogP contribution in [-0.4, -0.2) is 60.4 Å². The van der Waals surface area contributed by atoms with E-state index in [1.807, 2.05) is 24.3 Å². The second kappa shape index (κ2) is 9.01. The van der Waals surface area contributed by atoms with Crippen LogP contribution < -0.4 is 4.74 Å². The Morgan fingerprint density at radius 1 is 1.22 bits per heavy atom. The molecule has 1 aliphatic heterocycles. The smallest absolute Gasteiger partial charge is 0.411 e. The van der Waals surface area contributed by atoms with Crippen LogP contribution in [0.4, 0.5) is 4.79 Å². The van der Waals surface area contributed by atoms with Gasteiger partial charge in [-0.05, 0) is 38.5 Å². The highest BCUT2D eigenvalue weighted by Gasteiger charge is 2.33. The molecule has 1 aliphatic rings. The molecule has 0 saturated heterocycles. The minimum atomic E-state index is -0.675. The second-order valence-corrected chi connectivity index (χ2v) is 7.31. The lowest BCUT2D eigenvalue weighted by Gasteiger charge is -2.34. The summed E-state index contributed by atoms with van der Waals surface area (Å²) in [6.07, 6.45) is 0.952. The highest BCUT2D eigenvalue weighted by Crippen LogP contribution is 2.19. The van der Waals surface area contributed by atoms with Crippen LogP contribution in [0.25, 0.3) is 0 Å². The van der Waals surface area contributed by atoms with E-state index >= 15 is 0 Å². The van der Waals surface area contributed by atoms with Crippen LogP contribution in [0.3, 0.4) is 0 Å². The predicted octanol–water partition coefficient (Wildman–Crippen LogP) is 2.32. The number of hydrogen-bond acceptors (Lipinski definition) is 6. The Labute approximate surface area is 159 Å². The van der Waals surface area contributed by atoms with Gasteiger partial charge in [0.15, 0.2) is 5.78 Å². The molecule has 0 aliphatic carbocycles. The summed E-state index contributed by atoms with van der Waals surface area (Å²) in [5.74, 6) is 0.539. The Morgan fingerprint density at radius 3 is 2.44 bits per heavy atom. The molecule has 0 aromatic heterocycles. The van der Waals surface area contributed by atoms with E-state index in [9.17, 15) is 14.7 Å². The summed E-state index contributed by atoms with van der Waals surface area (Å²) >= 11 is 0. The van der Waals surface area contributed by atoms with Crippen molar-refractivity contribution in [2.45, 2.75) is 39.0 Å². The van der Waals surface area contributed by atoms with E-state index < -0.39 is 17.7 Å². The number of carbonyl (C=O) groups excluding carboxylic acids is 2. The average Bonchev–Trinajstić information content (AvgIpc) is 2.61. The van der Waals surface area contributed by atoms with Crippen LogP contribution in [0.5, 0.6) is 5.75 Å². The van der Waals surface area contributed by atoms with Crippen molar-refractivity contribution in [2.24, 2.45) is 0 Å². The first-order valence-electron chi connectivity index (χ1n) is 8.78. The lowest BCUT2D eigenvalue weighted by Crippen LogP contribution is -2.50. The quantitative estimate of drug-likeness (QED) is 0.819. The first kappa shape index (κ1) is 20.9. The molecule has 1 atom stereocenters. The molecule has 1 N–H and O–H groups in total. The third-order valence-electron chi connectivity index (χ3n) is 3.97. The van der Waals surface area contributed by atoms with Crippen LogP contribution >= 0.6 is 0 Å². The van der Waals surface area contributed by atoms with E-state index in [0.29, 0.717) is 12.2 Å². The zero-order chi connectivity index (χ0) is 20.0. The van der Waals surface area contributed by atoms with E-state index in [1.165, 1.54) is 4.90 Å². The number of benzene rings is 1. The molecule has 0 saturated carbocycles. The minimum absolute atomic E-state index is 0.115. The van der Waals surface area contributed by atoms with Gasteiger partial charge in [-0.3, -0.25) is 9.69 Å². The Bertz CT molecular complexity index is 689. The van der Waals surface area contributed by atoms with Crippen LogP contribution in [0, 0.1) is 0 Å². The second-order valence-electron chi connectivity index (χ2n) is 7.31. The summed E-state index contributed by atoms with van der Waals surface area (Å²) in [5.41, 5.74) is 0.724. The Kier molecular flexibility index (Phi) is 6.98. The molecule has 27 heavy (non-hydrogen) atoms. The number of ketones is 1. The maximum absolute atomic E-state index is 12.4. The monoisotopic (exact) mass is 377 g/mol. The summed E-state index contributed by atoms with van der Waals surface area (Å²) in [6, 6.07) is 6.83. The van der Waals surface area contributed by atoms with Gasteiger partial charge in [-0.25, -0.2) is 4.79 Å². The topological polar surface area (TPSA) is 85.3 Å². The van der Waals surface area contributed by atoms with Crippen molar-refractivity contribution in [3.05, 3.63) is 41.5 Å². The number of aliphatic hydroxyl groups excluding tert-OH is 1. The number of Topliss-reactive ketones (excluding diaryl/α,β-unsaturated/α-hetero) is 1. The minimum Gasteiger partial charge on any atom is -0.497 e. The number of nitrogens with zero attached hydrogens (tertiary/aromatic N) is 1. The molecule has 7 heteroatoms. The van der Waals surface area contributed by atoms with Gasteiger partial charge in [0.25, 0.3) is 0 Å². The van der Waals surface area contributed by atoms with E-state index in [2.05, 4.69) is 0 Å². The van der Waals surface area contributed by atoms with Gasteiger partial charge < -0.3 is 19.3 Å². The number of ether oxygens (including phenoxy) is 3. The molecule has 2 rings (SSSR count). The van der Waals surface area contributed by atoms with E-state index in [4.69, 9.17) is 14.2 Å². The van der Waals surface area contributed by atoms with Crippen molar-refractivity contribution in [1.82, 2.24) is 4.90 Å². The van der Waals surface area contributed by atoms with Gasteiger partial charge >= 0.3 is 6.09 Å². The van der Waals surface area contributed by atoms with E-state index in [1.54, 1.807) is 34.0 Å². The molecule has 0 spiro atoms. The fourth-order valence-electron chi connectivity index (χ4n) is 2.59. The van der Waals surface area contributed by atoms with Gasteiger partial charge in [-0.1, -0.05) is 18.2 Å². The molecular formula is C20H27NO6. The molecule has 0 radical (unpaired) electrons. The zero-order valence-corrected chi connectivity index (χ0v) is 16.2. The maximum Gasteiger partial charge on any atom is 0.411 e. The molecule has 1 aromatic rings. The van der Waals surface area contributed by atoms with Crippen LogP contribution in [0.15, 0.2) is 35.9 Å². The molecule has 148 valence electrons. The number of amides is 1. The normalized spacial score (nSPS) is 17.5. The van der Waals surface area contributed by atoms with Gasteiger partial charge in [0.05, 0.1) is 39.5 Å². The van der Waals surface area contributed by atoms with Crippen molar-refractivity contribution in [1.29, 1.82) is 0 Å². The molecule has 0 fully saturated rings. The van der Waals surface area contributed by atoms with Gasteiger partial charge in [-0.15, -0.1) is 0 Å². The fourth-order valence-corrected chi connectivity index (χ4v) is 2.59. The first-order chi connectivity index (χ1) is 12.7. The van der Waals surface area contributed by atoms with E-state index in [-0.39, 0.29) is 25.5 Å². The zero-order valence-electron chi connectivity index (χ0n) is 16.2. The van der Waals surface area contributed by atoms with Crippen molar-refractivity contribution in [3.63, 3.8) is 0 Å². The molecule has 1 heterocycles. The highest BCUT2D eigenvalue weighted by molar-refractivity contribution is 6.00. The van der Waals surface area contributed by atoms with Crippen LogP contribution in [-0.2, 0) is 20.9 Å². The Hall–Kier alpha value is -2.38. The predicted molar refractivity (Wildman–Crippen MR) is 99.6 cm³/mol. The standard InChI is InChI=1S/C20H27NO6/c1-20(2,3)27-19(24)21-10-18(23)15(9-16(21)11-22)13-26-12-14-5-7-17(25-4)8-6-14/h5-9,16,22H,10-13H2,1-4H3/t16-/m0/s1. The van der Waals surface area contributed by atoms with Crippen molar-refractivity contribution < 1.29 is 28.9 Å². The number of aliphatic hydroxyl groups is 1. The molecule has 0 bridgehead atoms. The van der Waals surface area contributed by atoms with Crippen molar-refractivity contribution >= 4 is 11.9 Å². The molecule has 0 unspecified atom stereocenters. The summed E-state index contributed by atoms with van der Waals surface area (Å²) < 4.78 is 16.0. The number of rotatable bonds is 6. The number of carbonyl (C=O) groups is 2. The van der Waals surface area contributed by atoms with Crippen molar-refractivity contribution in [2.75, 3.05) is 26.9 Å². The molecular weight excluding hydrogens is 350 g/mol. The Morgan fingerprint density at radius 2 is 1.89 bits per heavy atom. The summed E-state index contributed by atoms with van der Waals surface area (Å²) in [7, 11) is 1.60. The molecule has 1 amide bonds. The van der Waals surface area contributed by atoms with Gasteiger partial charge in [-0.2, -0.15) is 0 Å². The summed E-state index contributed by atoms with van der Waals surface area (Å²) in [4.78, 5) is 25.9. The van der Waals surface area contributed by atoms with Gasteiger partial charge in [0.2, 0.25) is 0 Å². The highest BCUT2D eigenvalue weighted by atomic mass is 16.6. The molecule has 7 nitrogen and oxygen atoms in total. The van der Waals surface area contributed by atoms with Crippen LogP contribution in [0.1, 0.15) is 26.3 Å². The first-order valence-corrected chi connectivity index (χ1v) is 8.78.